The van der Waals surface area contributed by atoms with E-state index in [-0.39, 0.29) is 0 Å². The first kappa shape index (κ1) is 26.7. The van der Waals surface area contributed by atoms with E-state index in [9.17, 15) is 0 Å². The number of ether oxygens (including phenoxy) is 2. The summed E-state index contributed by atoms with van der Waals surface area (Å²) in [5.74, 6) is 3.38. The standard InChI is InChI=1S/C24H48O2Si/c1-24(2)26-22-19-21-25-20-17-15-13-11-9-7-6-8-10-12-14-16-18-23-27(3,4)5/h24H,6-17,19-22H2,1-5H3. The highest BCUT2D eigenvalue weighted by atomic mass is 28.3. The van der Waals surface area contributed by atoms with Crippen molar-refractivity contribution < 1.29 is 9.47 Å². The van der Waals surface area contributed by atoms with Crippen LogP contribution in [0.2, 0.25) is 19.6 Å². The Morgan fingerprint density at radius 3 is 1.63 bits per heavy atom. The predicted molar refractivity (Wildman–Crippen MR) is 123 cm³/mol. The summed E-state index contributed by atoms with van der Waals surface area (Å²) in [5, 5.41) is 0. The van der Waals surface area contributed by atoms with E-state index in [2.05, 4.69) is 45.0 Å². The van der Waals surface area contributed by atoms with E-state index in [0.29, 0.717) is 6.10 Å². The van der Waals surface area contributed by atoms with E-state index < -0.39 is 8.07 Å². The van der Waals surface area contributed by atoms with Crippen LogP contribution in [0.3, 0.4) is 0 Å². The van der Waals surface area contributed by atoms with Gasteiger partial charge in [0.15, 0.2) is 0 Å². The smallest absolute Gasteiger partial charge is 0.129 e. The van der Waals surface area contributed by atoms with Crippen LogP contribution in [-0.2, 0) is 9.47 Å². The van der Waals surface area contributed by atoms with Crippen molar-refractivity contribution in [1.29, 1.82) is 0 Å². The van der Waals surface area contributed by atoms with Crippen LogP contribution in [0.1, 0.15) is 97.3 Å². The van der Waals surface area contributed by atoms with Gasteiger partial charge in [-0.15, -0.1) is 11.5 Å². The lowest BCUT2D eigenvalue weighted by molar-refractivity contribution is 0.0507. The van der Waals surface area contributed by atoms with Gasteiger partial charge in [0, 0.05) is 26.2 Å². The maximum absolute atomic E-state index is 5.65. The summed E-state index contributed by atoms with van der Waals surface area (Å²) in [6.45, 7) is 13.7. The highest BCUT2D eigenvalue weighted by molar-refractivity contribution is 6.83. The molecule has 0 aromatic carbocycles. The van der Waals surface area contributed by atoms with Crippen LogP contribution in [-0.4, -0.2) is 34.0 Å². The van der Waals surface area contributed by atoms with Gasteiger partial charge in [-0.2, -0.15) is 0 Å². The molecule has 0 aliphatic carbocycles. The van der Waals surface area contributed by atoms with Gasteiger partial charge in [0.05, 0.1) is 6.10 Å². The molecule has 0 aliphatic heterocycles. The van der Waals surface area contributed by atoms with Gasteiger partial charge in [-0.1, -0.05) is 77.4 Å². The second-order valence-electron chi connectivity index (χ2n) is 9.08. The zero-order valence-electron chi connectivity index (χ0n) is 19.2. The minimum atomic E-state index is -1.15. The van der Waals surface area contributed by atoms with E-state index in [4.69, 9.17) is 9.47 Å². The molecule has 0 fully saturated rings. The fourth-order valence-corrected chi connectivity index (χ4v) is 3.57. The maximum atomic E-state index is 5.65. The Morgan fingerprint density at radius 2 is 1.11 bits per heavy atom. The van der Waals surface area contributed by atoms with E-state index >= 15 is 0 Å². The van der Waals surface area contributed by atoms with Crippen molar-refractivity contribution in [3.05, 3.63) is 0 Å². The zero-order valence-corrected chi connectivity index (χ0v) is 20.2. The highest BCUT2D eigenvalue weighted by Gasteiger charge is 2.06. The molecule has 0 atom stereocenters. The average molecular weight is 397 g/mol. The molecule has 0 bridgehead atoms. The number of hydrogen-bond donors (Lipinski definition) is 0. The summed E-state index contributed by atoms with van der Waals surface area (Å²) >= 11 is 0. The van der Waals surface area contributed by atoms with Crippen molar-refractivity contribution in [1.82, 2.24) is 0 Å². The Bertz CT molecular complexity index is 363. The van der Waals surface area contributed by atoms with Crippen LogP contribution in [0.15, 0.2) is 0 Å². The van der Waals surface area contributed by atoms with Gasteiger partial charge in [0.1, 0.15) is 8.07 Å². The third-order valence-electron chi connectivity index (χ3n) is 4.44. The van der Waals surface area contributed by atoms with Crippen LogP contribution in [0.25, 0.3) is 0 Å². The van der Waals surface area contributed by atoms with E-state index in [0.717, 1.165) is 32.7 Å². The first-order valence-corrected chi connectivity index (χ1v) is 15.1. The molecule has 3 heteroatoms. The molecule has 0 unspecified atom stereocenters. The first-order chi connectivity index (χ1) is 12.9. The SMILES string of the molecule is CC(C)OCCCOCCCCCCCCCCCCCC#C[Si](C)(C)C. The molecule has 0 radical (unpaired) electrons. The van der Waals surface area contributed by atoms with Crippen LogP contribution in [0.4, 0.5) is 0 Å². The molecule has 160 valence electrons. The van der Waals surface area contributed by atoms with Crippen LogP contribution < -0.4 is 0 Å². The Morgan fingerprint density at radius 1 is 0.630 bits per heavy atom. The summed E-state index contributed by atoms with van der Waals surface area (Å²) in [5.41, 5.74) is 3.46. The number of unbranched alkanes of at least 4 members (excludes halogenated alkanes) is 11. The molecule has 0 aromatic heterocycles. The molecule has 27 heavy (non-hydrogen) atoms. The number of hydrogen-bond acceptors (Lipinski definition) is 2. The molecule has 0 aromatic rings. The van der Waals surface area contributed by atoms with Crippen molar-refractivity contribution in [2.24, 2.45) is 0 Å². The molecule has 0 aliphatic rings. The van der Waals surface area contributed by atoms with E-state index in [1.54, 1.807) is 0 Å². The summed E-state index contributed by atoms with van der Waals surface area (Å²) in [6.07, 6.45) is 17.5. The molecule has 0 saturated carbocycles. The summed E-state index contributed by atoms with van der Waals surface area (Å²) in [6, 6.07) is 0. The Kier molecular flexibility index (Phi) is 18.8. The summed E-state index contributed by atoms with van der Waals surface area (Å²) < 4.78 is 11.2. The lowest BCUT2D eigenvalue weighted by Crippen LogP contribution is -2.16. The lowest BCUT2D eigenvalue weighted by atomic mass is 10.1. The van der Waals surface area contributed by atoms with Gasteiger partial charge >= 0.3 is 0 Å². The van der Waals surface area contributed by atoms with Crippen molar-refractivity contribution in [3.8, 4) is 11.5 Å². The lowest BCUT2D eigenvalue weighted by Gasteiger charge is -2.07. The molecule has 0 N–H and O–H groups in total. The van der Waals surface area contributed by atoms with Crippen molar-refractivity contribution in [2.75, 3.05) is 19.8 Å². The molecule has 0 heterocycles. The zero-order chi connectivity index (χ0) is 20.2. The van der Waals surface area contributed by atoms with Gasteiger partial charge in [-0.25, -0.2) is 0 Å². The van der Waals surface area contributed by atoms with Crippen LogP contribution in [0, 0.1) is 11.5 Å². The Balaban J connectivity index is 3.10. The van der Waals surface area contributed by atoms with Crippen molar-refractivity contribution >= 4 is 8.07 Å². The Labute approximate surface area is 172 Å². The quantitative estimate of drug-likeness (QED) is 0.137. The second kappa shape index (κ2) is 19.0. The minimum Gasteiger partial charge on any atom is -0.381 e. The van der Waals surface area contributed by atoms with Gasteiger partial charge in [-0.3, -0.25) is 0 Å². The number of rotatable bonds is 18. The molecular formula is C24H48O2Si. The fourth-order valence-electron chi connectivity index (χ4n) is 2.92. The maximum Gasteiger partial charge on any atom is 0.129 e. The molecule has 0 spiro atoms. The van der Waals surface area contributed by atoms with Crippen molar-refractivity contribution in [3.63, 3.8) is 0 Å². The van der Waals surface area contributed by atoms with Crippen LogP contribution in [0.5, 0.6) is 0 Å². The van der Waals surface area contributed by atoms with Gasteiger partial charge in [-0.05, 0) is 33.1 Å². The molecule has 0 amide bonds. The molecule has 0 rings (SSSR count). The third-order valence-corrected chi connectivity index (χ3v) is 5.36. The summed E-state index contributed by atoms with van der Waals surface area (Å²) in [4.78, 5) is 0. The molecule has 0 saturated heterocycles. The molecular weight excluding hydrogens is 348 g/mol. The average Bonchev–Trinajstić information content (AvgIpc) is 2.58. The van der Waals surface area contributed by atoms with Gasteiger partial charge in [0.25, 0.3) is 0 Å². The first-order valence-electron chi connectivity index (χ1n) is 11.6. The van der Waals surface area contributed by atoms with E-state index in [1.165, 1.54) is 70.6 Å². The minimum absolute atomic E-state index is 0.337. The molecule has 2 nitrogen and oxygen atoms in total. The topological polar surface area (TPSA) is 18.5 Å². The normalized spacial score (nSPS) is 11.6. The third kappa shape index (κ3) is 25.7. The fraction of sp³-hybridized carbons (Fsp3) is 0.917. The van der Waals surface area contributed by atoms with Crippen LogP contribution >= 0.6 is 0 Å². The second-order valence-corrected chi connectivity index (χ2v) is 13.8. The highest BCUT2D eigenvalue weighted by Crippen LogP contribution is 2.12. The van der Waals surface area contributed by atoms with Gasteiger partial charge < -0.3 is 9.47 Å². The predicted octanol–water partition coefficient (Wildman–Crippen LogP) is 7.38. The largest absolute Gasteiger partial charge is 0.381 e. The van der Waals surface area contributed by atoms with Gasteiger partial charge in [0.2, 0.25) is 0 Å². The monoisotopic (exact) mass is 396 g/mol. The summed E-state index contributed by atoms with van der Waals surface area (Å²) in [7, 11) is -1.15. The van der Waals surface area contributed by atoms with E-state index in [1.807, 2.05) is 0 Å². The Hall–Kier alpha value is -0.303. The van der Waals surface area contributed by atoms with Crippen molar-refractivity contribution in [2.45, 2.75) is 123 Å².